The minimum Gasteiger partial charge on any atom is -0.465 e. The van der Waals surface area contributed by atoms with Crippen molar-refractivity contribution in [1.29, 1.82) is 0 Å². The van der Waals surface area contributed by atoms with E-state index in [0.29, 0.717) is 5.69 Å². The van der Waals surface area contributed by atoms with Gasteiger partial charge in [-0.2, -0.15) is 13.2 Å². The molecule has 2 heterocycles. The molecule has 0 radical (unpaired) electrons. The number of benzene rings is 1. The molecule has 128 valence electrons. The summed E-state index contributed by atoms with van der Waals surface area (Å²) in [6.45, 7) is -0.0802. The van der Waals surface area contributed by atoms with E-state index in [1.54, 1.807) is 0 Å². The first-order chi connectivity index (χ1) is 11.3. The number of carbonyl (C=O) groups is 1. The fourth-order valence-corrected chi connectivity index (χ4v) is 2.92. The molecule has 2 N–H and O–H groups in total. The van der Waals surface area contributed by atoms with Crippen LogP contribution in [0.25, 0.3) is 10.9 Å². The maximum atomic E-state index is 14.0. The lowest BCUT2D eigenvalue weighted by Gasteiger charge is -2.21. The number of anilines is 1. The number of carboxylic acid groups (broad SMARTS) is 1. The van der Waals surface area contributed by atoms with E-state index in [1.807, 2.05) is 0 Å². The normalized spacial score (nSPS) is 21.2. The number of amides is 1. The zero-order valence-electron chi connectivity index (χ0n) is 12.2. The molecule has 9 heteroatoms. The zero-order valence-corrected chi connectivity index (χ0v) is 12.2. The Balaban J connectivity index is 2.01. The van der Waals surface area contributed by atoms with E-state index in [1.165, 1.54) is 29.3 Å². The second-order valence-corrected chi connectivity index (χ2v) is 5.51. The fraction of sp³-hybridized carbons (Fsp3) is 0.333. The summed E-state index contributed by atoms with van der Waals surface area (Å²) < 4.78 is 53.3. The molecule has 1 aromatic heterocycles. The lowest BCUT2D eigenvalue weighted by Crippen LogP contribution is -2.40. The first kappa shape index (κ1) is 16.3. The Kier molecular flexibility index (Phi) is 3.94. The lowest BCUT2D eigenvalue weighted by molar-refractivity contribution is -0.136. The lowest BCUT2D eigenvalue weighted by atomic mass is 10.1. The summed E-state index contributed by atoms with van der Waals surface area (Å²) in [5, 5.41) is 11.0. The van der Waals surface area contributed by atoms with E-state index in [4.69, 9.17) is 5.11 Å². The SMILES string of the molecule is O=C(O)N[C@@H]1CN(c2ccc(C(F)(F)F)c3ncccc23)C[C@@H]1F. The molecule has 5 nitrogen and oxygen atoms in total. The predicted octanol–water partition coefficient (Wildman–Crippen LogP) is 3.05. The number of aromatic nitrogens is 1. The third kappa shape index (κ3) is 2.93. The monoisotopic (exact) mass is 343 g/mol. The van der Waals surface area contributed by atoms with Crippen molar-refractivity contribution in [3.05, 3.63) is 36.0 Å². The van der Waals surface area contributed by atoms with Crippen molar-refractivity contribution in [3.63, 3.8) is 0 Å². The molecule has 1 amide bonds. The molecule has 0 spiro atoms. The predicted molar refractivity (Wildman–Crippen MR) is 78.8 cm³/mol. The molecule has 1 aromatic carbocycles. The number of nitrogens with zero attached hydrogens (tertiary/aromatic N) is 2. The van der Waals surface area contributed by atoms with Crippen LogP contribution >= 0.6 is 0 Å². The molecule has 24 heavy (non-hydrogen) atoms. The molecular weight excluding hydrogens is 330 g/mol. The van der Waals surface area contributed by atoms with Gasteiger partial charge in [-0.15, -0.1) is 0 Å². The van der Waals surface area contributed by atoms with Crippen LogP contribution < -0.4 is 10.2 Å². The van der Waals surface area contributed by atoms with Crippen LogP contribution in [0.3, 0.4) is 0 Å². The molecule has 3 rings (SSSR count). The molecule has 2 atom stereocenters. The summed E-state index contributed by atoms with van der Waals surface area (Å²) in [5.41, 5.74) is -0.686. The Morgan fingerprint density at radius 3 is 2.71 bits per heavy atom. The molecule has 1 fully saturated rings. The summed E-state index contributed by atoms with van der Waals surface area (Å²) in [4.78, 5) is 16.0. The number of fused-ring (bicyclic) bond motifs is 1. The molecule has 2 aromatic rings. The Bertz CT molecular complexity index is 781. The summed E-state index contributed by atoms with van der Waals surface area (Å²) in [5.74, 6) is 0. The van der Waals surface area contributed by atoms with Gasteiger partial charge >= 0.3 is 12.3 Å². The second kappa shape index (κ2) is 5.81. The molecule has 0 saturated carbocycles. The van der Waals surface area contributed by atoms with Gasteiger partial charge in [0.1, 0.15) is 6.17 Å². The molecule has 1 saturated heterocycles. The van der Waals surface area contributed by atoms with Crippen LogP contribution in [0, 0.1) is 0 Å². The average Bonchev–Trinajstić information content (AvgIpc) is 2.85. The molecular formula is C15H13F4N3O2. The van der Waals surface area contributed by atoms with Gasteiger partial charge in [0, 0.05) is 23.8 Å². The van der Waals surface area contributed by atoms with Crippen LogP contribution in [0.1, 0.15) is 5.56 Å². The van der Waals surface area contributed by atoms with Crippen LogP contribution in [-0.2, 0) is 6.18 Å². The fourth-order valence-electron chi connectivity index (χ4n) is 2.92. The highest BCUT2D eigenvalue weighted by Crippen LogP contribution is 2.38. The van der Waals surface area contributed by atoms with E-state index in [9.17, 15) is 22.4 Å². The Hall–Kier alpha value is -2.58. The summed E-state index contributed by atoms with van der Waals surface area (Å²) in [6, 6.07) is 4.23. The van der Waals surface area contributed by atoms with Crippen molar-refractivity contribution in [3.8, 4) is 0 Å². The first-order valence-electron chi connectivity index (χ1n) is 7.11. The van der Waals surface area contributed by atoms with Crippen LogP contribution in [0.2, 0.25) is 0 Å². The van der Waals surface area contributed by atoms with Crippen molar-refractivity contribution >= 4 is 22.7 Å². The van der Waals surface area contributed by atoms with E-state index < -0.39 is 30.0 Å². The van der Waals surface area contributed by atoms with E-state index >= 15 is 0 Å². The van der Waals surface area contributed by atoms with E-state index in [0.717, 1.165) is 6.07 Å². The third-order valence-electron chi connectivity index (χ3n) is 3.95. The van der Waals surface area contributed by atoms with Crippen molar-refractivity contribution in [2.45, 2.75) is 18.4 Å². The smallest absolute Gasteiger partial charge is 0.418 e. The van der Waals surface area contributed by atoms with Gasteiger partial charge in [-0.1, -0.05) is 0 Å². The number of halogens is 4. The third-order valence-corrected chi connectivity index (χ3v) is 3.95. The Morgan fingerprint density at radius 1 is 1.29 bits per heavy atom. The topological polar surface area (TPSA) is 65.5 Å². The first-order valence-corrected chi connectivity index (χ1v) is 7.11. The van der Waals surface area contributed by atoms with Crippen LogP contribution in [0.5, 0.6) is 0 Å². The summed E-state index contributed by atoms with van der Waals surface area (Å²) >= 11 is 0. The number of alkyl halides is 4. The minimum atomic E-state index is -4.55. The Labute approximate surface area is 133 Å². The van der Waals surface area contributed by atoms with Crippen LogP contribution in [0.4, 0.5) is 28.0 Å². The molecule has 1 aliphatic rings. The molecule has 0 bridgehead atoms. The minimum absolute atomic E-state index is 0.0306. The highest BCUT2D eigenvalue weighted by atomic mass is 19.4. The molecule has 1 aliphatic heterocycles. The van der Waals surface area contributed by atoms with Gasteiger partial charge in [-0.25, -0.2) is 9.18 Å². The quantitative estimate of drug-likeness (QED) is 0.823. The number of hydrogen-bond donors (Lipinski definition) is 2. The van der Waals surface area contributed by atoms with Gasteiger partial charge in [0.2, 0.25) is 0 Å². The number of nitrogens with one attached hydrogen (secondary N) is 1. The van der Waals surface area contributed by atoms with Gasteiger partial charge in [-0.3, -0.25) is 4.98 Å². The van der Waals surface area contributed by atoms with Gasteiger partial charge in [0.25, 0.3) is 0 Å². The maximum Gasteiger partial charge on any atom is 0.418 e. The van der Waals surface area contributed by atoms with Crippen molar-refractivity contribution < 1.29 is 27.5 Å². The van der Waals surface area contributed by atoms with Crippen molar-refractivity contribution in [1.82, 2.24) is 10.3 Å². The van der Waals surface area contributed by atoms with Crippen LogP contribution in [-0.4, -0.2) is 41.5 Å². The van der Waals surface area contributed by atoms with E-state index in [-0.39, 0.29) is 24.0 Å². The number of pyridine rings is 1. The van der Waals surface area contributed by atoms with Gasteiger partial charge < -0.3 is 15.3 Å². The molecule has 0 unspecified atom stereocenters. The summed E-state index contributed by atoms with van der Waals surface area (Å²) in [7, 11) is 0. The largest absolute Gasteiger partial charge is 0.465 e. The van der Waals surface area contributed by atoms with Crippen LogP contribution in [0.15, 0.2) is 30.5 Å². The number of hydrogen-bond acceptors (Lipinski definition) is 3. The van der Waals surface area contributed by atoms with Crippen molar-refractivity contribution in [2.24, 2.45) is 0 Å². The highest BCUT2D eigenvalue weighted by Gasteiger charge is 2.37. The van der Waals surface area contributed by atoms with Gasteiger partial charge in [0.15, 0.2) is 0 Å². The standard InChI is InChI=1S/C15H13F4N3O2/c16-10-6-22(7-11(10)21-14(23)24)12-4-3-9(15(17,18)19)13-8(12)2-1-5-20-13/h1-5,10-11,21H,6-7H2,(H,23,24)/t10-,11+/m0/s1. The molecule has 0 aliphatic carbocycles. The second-order valence-electron chi connectivity index (χ2n) is 5.51. The maximum absolute atomic E-state index is 14.0. The van der Waals surface area contributed by atoms with Gasteiger partial charge in [-0.05, 0) is 24.3 Å². The average molecular weight is 343 g/mol. The van der Waals surface area contributed by atoms with Crippen molar-refractivity contribution in [2.75, 3.05) is 18.0 Å². The summed E-state index contributed by atoms with van der Waals surface area (Å²) in [6.07, 6.45) is -6.08. The zero-order chi connectivity index (χ0) is 17.5. The Morgan fingerprint density at radius 2 is 2.04 bits per heavy atom. The van der Waals surface area contributed by atoms with Gasteiger partial charge in [0.05, 0.1) is 23.7 Å². The van der Waals surface area contributed by atoms with E-state index in [2.05, 4.69) is 10.3 Å². The number of rotatable bonds is 2. The highest BCUT2D eigenvalue weighted by molar-refractivity contribution is 5.94.